The number of hydrogen-bond acceptors (Lipinski definition) is 0. The first-order chi connectivity index (χ1) is 12.6. The minimum Gasteiger partial charge on any atom is -0.203 e. The maximum atomic E-state index is 13.2. The summed E-state index contributed by atoms with van der Waals surface area (Å²) < 4.78 is 252. The summed E-state index contributed by atoms with van der Waals surface area (Å²) in [6.45, 7) is 0. The van der Waals surface area contributed by atoms with E-state index in [-0.39, 0.29) is 0 Å². The van der Waals surface area contributed by atoms with E-state index in [9.17, 15) is 87.8 Å². The number of alkyl halides is 20. The summed E-state index contributed by atoms with van der Waals surface area (Å²) in [6, 6.07) is 0. The van der Waals surface area contributed by atoms with Gasteiger partial charge >= 0.3 is 54.3 Å². The van der Waals surface area contributed by atoms with Gasteiger partial charge in [-0.2, -0.15) is 79.0 Å². The maximum Gasteiger partial charge on any atom is 0.406 e. The molecule has 0 saturated carbocycles. The average molecular weight is 502 g/mol. The molecule has 0 rings (SSSR count). The zero-order valence-electron chi connectivity index (χ0n) is 12.7. The molecule has 0 nitrogen and oxygen atoms in total. The van der Waals surface area contributed by atoms with Crippen LogP contribution in [0.2, 0.25) is 0 Å². The van der Waals surface area contributed by atoms with Gasteiger partial charge in [-0.05, 0) is 0 Å². The fraction of sp³-hybridized carbons (Fsp3) is 1.00. The number of halogens is 20. The van der Waals surface area contributed by atoms with Crippen LogP contribution < -0.4 is 0 Å². The molecule has 0 aliphatic heterocycles. The van der Waals surface area contributed by atoms with E-state index in [2.05, 4.69) is 0 Å². The SMILES string of the molecule is FC(F)C(F)(F)C(F)(F)C(F)(F)C(F)(F)C(F)(F)C(F)(F)C(C(F)(F)F)C(F)(F)F. The third kappa shape index (κ3) is 3.81. The molecule has 0 spiro atoms. The van der Waals surface area contributed by atoms with Gasteiger partial charge in [0.25, 0.3) is 0 Å². The molecule has 30 heavy (non-hydrogen) atoms. The molecule has 0 aromatic heterocycles. The summed E-state index contributed by atoms with van der Waals surface area (Å²) in [6.07, 6.45) is -21.3. The minimum atomic E-state index is -8.86. The van der Waals surface area contributed by atoms with E-state index < -0.39 is 60.2 Å². The van der Waals surface area contributed by atoms with Crippen molar-refractivity contribution in [2.45, 2.75) is 54.3 Å². The lowest BCUT2D eigenvalue weighted by molar-refractivity contribution is -0.454. The second-order valence-electron chi connectivity index (χ2n) is 5.36. The number of rotatable bonds is 7. The molecule has 0 bridgehead atoms. The van der Waals surface area contributed by atoms with Crippen LogP contribution >= 0.6 is 0 Å². The Morgan fingerprint density at radius 3 is 0.767 bits per heavy atom. The van der Waals surface area contributed by atoms with Crippen molar-refractivity contribution in [1.29, 1.82) is 0 Å². The lowest BCUT2D eigenvalue weighted by Gasteiger charge is -2.43. The van der Waals surface area contributed by atoms with E-state index in [1.165, 1.54) is 0 Å². The summed E-state index contributed by atoms with van der Waals surface area (Å²) in [5, 5.41) is 0. The summed E-state index contributed by atoms with van der Waals surface area (Å²) >= 11 is 0. The van der Waals surface area contributed by atoms with Crippen molar-refractivity contribution in [2.75, 3.05) is 0 Å². The summed E-state index contributed by atoms with van der Waals surface area (Å²) in [7, 11) is 0. The highest BCUT2D eigenvalue weighted by atomic mass is 19.4. The van der Waals surface area contributed by atoms with E-state index in [1.807, 2.05) is 0 Å². The summed E-state index contributed by atoms with van der Waals surface area (Å²) in [5.74, 6) is -57.7. The van der Waals surface area contributed by atoms with Gasteiger partial charge in [-0.3, -0.25) is 0 Å². The van der Waals surface area contributed by atoms with Gasteiger partial charge in [-0.25, -0.2) is 8.78 Å². The fourth-order valence-electron chi connectivity index (χ4n) is 1.73. The smallest absolute Gasteiger partial charge is 0.203 e. The van der Waals surface area contributed by atoms with Crippen LogP contribution in [0.25, 0.3) is 0 Å². The standard InChI is InChI=1S/C10H2F20/c11-2(12)4(15,16)8(25,26)10(29,30)9(27,28)7(23,24)3(13,14)1(5(17,18)19)6(20,21)22/h1-2H. The van der Waals surface area contributed by atoms with Gasteiger partial charge in [0.1, 0.15) is 0 Å². The minimum absolute atomic E-state index is 6.05. The Morgan fingerprint density at radius 2 is 0.567 bits per heavy atom. The van der Waals surface area contributed by atoms with Gasteiger partial charge < -0.3 is 0 Å². The van der Waals surface area contributed by atoms with Crippen molar-refractivity contribution >= 4 is 0 Å². The summed E-state index contributed by atoms with van der Waals surface area (Å²) in [5.41, 5.74) is 0. The Balaban J connectivity index is 6.88. The molecule has 0 saturated heterocycles. The Bertz CT molecular complexity index is 590. The Hall–Kier alpha value is -1.40. The van der Waals surface area contributed by atoms with Crippen LogP contribution in [0.5, 0.6) is 0 Å². The topological polar surface area (TPSA) is 0 Å². The highest BCUT2D eigenvalue weighted by molar-refractivity contribution is 5.14. The van der Waals surface area contributed by atoms with E-state index in [0.717, 1.165) is 0 Å². The molecule has 0 aromatic rings. The zero-order chi connectivity index (χ0) is 25.2. The van der Waals surface area contributed by atoms with Crippen LogP contribution in [0.1, 0.15) is 0 Å². The van der Waals surface area contributed by atoms with Crippen LogP contribution in [-0.2, 0) is 0 Å². The summed E-state index contributed by atoms with van der Waals surface area (Å²) in [4.78, 5) is 0. The molecule has 0 N–H and O–H groups in total. The molecule has 0 fully saturated rings. The van der Waals surface area contributed by atoms with Crippen LogP contribution in [-0.4, -0.2) is 54.3 Å². The quantitative estimate of drug-likeness (QED) is 0.336. The van der Waals surface area contributed by atoms with E-state index in [1.54, 1.807) is 0 Å². The zero-order valence-corrected chi connectivity index (χ0v) is 12.7. The van der Waals surface area contributed by atoms with Crippen LogP contribution in [0.15, 0.2) is 0 Å². The first-order valence-corrected chi connectivity index (χ1v) is 6.24. The molecule has 0 radical (unpaired) electrons. The second kappa shape index (κ2) is 7.06. The fourth-order valence-corrected chi connectivity index (χ4v) is 1.73. The first-order valence-electron chi connectivity index (χ1n) is 6.24. The predicted octanol–water partition coefficient (Wildman–Crippen LogP) is 6.80. The predicted molar refractivity (Wildman–Crippen MR) is 51.3 cm³/mol. The molecule has 0 unspecified atom stereocenters. The molecule has 182 valence electrons. The Morgan fingerprint density at radius 1 is 0.333 bits per heavy atom. The normalized spacial score (nSPS) is 16.6. The third-order valence-electron chi connectivity index (χ3n) is 3.31. The Kier molecular flexibility index (Phi) is 6.73. The van der Waals surface area contributed by atoms with Gasteiger partial charge in [-0.1, -0.05) is 0 Å². The number of hydrogen-bond donors (Lipinski definition) is 0. The molecule has 0 aliphatic rings. The van der Waals surface area contributed by atoms with Crippen molar-refractivity contribution in [3.8, 4) is 0 Å². The highest BCUT2D eigenvalue weighted by Crippen LogP contribution is 2.64. The third-order valence-corrected chi connectivity index (χ3v) is 3.31. The molecule has 20 heteroatoms. The van der Waals surface area contributed by atoms with E-state index in [4.69, 9.17) is 0 Å². The van der Waals surface area contributed by atoms with Crippen molar-refractivity contribution < 1.29 is 87.8 Å². The molecular formula is C10H2F20. The largest absolute Gasteiger partial charge is 0.406 e. The van der Waals surface area contributed by atoms with Crippen molar-refractivity contribution in [1.82, 2.24) is 0 Å². The monoisotopic (exact) mass is 502 g/mol. The van der Waals surface area contributed by atoms with Crippen LogP contribution in [0, 0.1) is 5.92 Å². The van der Waals surface area contributed by atoms with Gasteiger partial charge in [0.15, 0.2) is 0 Å². The maximum absolute atomic E-state index is 13.2. The molecular weight excluding hydrogens is 500 g/mol. The lowest BCUT2D eigenvalue weighted by Crippen LogP contribution is -2.73. The molecule has 0 aromatic carbocycles. The van der Waals surface area contributed by atoms with E-state index >= 15 is 0 Å². The van der Waals surface area contributed by atoms with Crippen molar-refractivity contribution in [2.24, 2.45) is 5.92 Å². The van der Waals surface area contributed by atoms with Crippen molar-refractivity contribution in [3.63, 3.8) is 0 Å². The van der Waals surface area contributed by atoms with Gasteiger partial charge in [0.2, 0.25) is 5.92 Å². The van der Waals surface area contributed by atoms with Gasteiger partial charge in [0.05, 0.1) is 0 Å². The molecule has 0 atom stereocenters. The van der Waals surface area contributed by atoms with Crippen LogP contribution in [0.3, 0.4) is 0 Å². The van der Waals surface area contributed by atoms with E-state index in [0.29, 0.717) is 0 Å². The van der Waals surface area contributed by atoms with Crippen LogP contribution in [0.4, 0.5) is 87.8 Å². The molecule has 0 aliphatic carbocycles. The molecule has 0 amide bonds. The average Bonchev–Trinajstić information content (AvgIpc) is 2.41. The van der Waals surface area contributed by atoms with Crippen molar-refractivity contribution in [3.05, 3.63) is 0 Å². The highest BCUT2D eigenvalue weighted by Gasteiger charge is 2.93. The first kappa shape index (κ1) is 28.6. The lowest BCUT2D eigenvalue weighted by atomic mass is 9.85. The Labute approximate surface area is 149 Å². The second-order valence-corrected chi connectivity index (χ2v) is 5.36. The van der Waals surface area contributed by atoms with Gasteiger partial charge in [-0.15, -0.1) is 0 Å². The molecule has 0 heterocycles. The van der Waals surface area contributed by atoms with Gasteiger partial charge in [0, 0.05) is 0 Å².